The normalized spacial score (nSPS) is 12.7. The van der Waals surface area contributed by atoms with E-state index in [4.69, 9.17) is 18.9 Å². The monoisotopic (exact) mass is 574 g/mol. The van der Waals surface area contributed by atoms with E-state index in [-0.39, 0.29) is 32.2 Å². The molecule has 0 spiro atoms. The van der Waals surface area contributed by atoms with E-state index in [0.717, 1.165) is 34.4 Å². The fourth-order valence-corrected chi connectivity index (χ4v) is 5.42. The first-order valence-corrected chi connectivity index (χ1v) is 13.8. The summed E-state index contributed by atoms with van der Waals surface area (Å²) >= 11 is 0. The van der Waals surface area contributed by atoms with Gasteiger partial charge in [0.2, 0.25) is 0 Å². The summed E-state index contributed by atoms with van der Waals surface area (Å²) < 4.78 is 21.6. The van der Waals surface area contributed by atoms with Gasteiger partial charge in [0.05, 0.1) is 5.41 Å². The molecule has 216 valence electrons. The van der Waals surface area contributed by atoms with E-state index < -0.39 is 17.4 Å². The minimum absolute atomic E-state index is 0.0233. The van der Waals surface area contributed by atoms with Crippen molar-refractivity contribution in [2.45, 2.75) is 5.41 Å². The summed E-state index contributed by atoms with van der Waals surface area (Å²) in [5.41, 5.74) is 4.06. The van der Waals surface area contributed by atoms with Gasteiger partial charge in [0.15, 0.2) is 5.78 Å². The van der Waals surface area contributed by atoms with E-state index in [9.17, 15) is 14.4 Å². The van der Waals surface area contributed by atoms with Crippen LogP contribution in [-0.4, -0.2) is 44.1 Å². The van der Waals surface area contributed by atoms with Gasteiger partial charge >= 0.3 is 11.9 Å². The van der Waals surface area contributed by atoms with Crippen molar-refractivity contribution in [3.63, 3.8) is 0 Å². The molecule has 0 saturated heterocycles. The summed E-state index contributed by atoms with van der Waals surface area (Å²) in [5, 5.41) is 0. The maximum atomic E-state index is 13.7. The second-order valence-corrected chi connectivity index (χ2v) is 9.66. The molecule has 0 N–H and O–H groups in total. The van der Waals surface area contributed by atoms with Gasteiger partial charge in [-0.05, 0) is 46.5 Å². The second-order valence-electron chi connectivity index (χ2n) is 9.66. The molecule has 0 bridgehead atoms. The third-order valence-electron chi connectivity index (χ3n) is 7.25. The van der Waals surface area contributed by atoms with Crippen molar-refractivity contribution in [3.8, 4) is 11.5 Å². The van der Waals surface area contributed by atoms with Crippen LogP contribution in [0, 0.1) is 0 Å². The van der Waals surface area contributed by atoms with E-state index in [1.165, 1.54) is 0 Å². The molecule has 0 fully saturated rings. The third kappa shape index (κ3) is 5.83. The zero-order valence-corrected chi connectivity index (χ0v) is 23.5. The van der Waals surface area contributed by atoms with Crippen LogP contribution in [-0.2, 0) is 24.5 Å². The first kappa shape index (κ1) is 29.1. The van der Waals surface area contributed by atoms with Crippen LogP contribution in [0.5, 0.6) is 11.5 Å². The number of carbonyl (C=O) groups is 3. The number of carbonyl (C=O) groups excluding carboxylic acids is 3. The standard InChI is InChI=1S/C36H30O7/c1-3-33(37)42-23-21-40-27-17-13-25(14-18-27)36(26-15-19-28(20-16-26)41-22-24-43-34(38)4-2)31-11-7-5-9-29(31)35(39)30-10-6-8-12-32(30)36/h3-20H,1-2,21-24H2. The highest BCUT2D eigenvalue weighted by Gasteiger charge is 2.46. The van der Waals surface area contributed by atoms with Crippen molar-refractivity contribution >= 4 is 17.7 Å². The summed E-state index contributed by atoms with van der Waals surface area (Å²) in [6.07, 6.45) is 2.22. The van der Waals surface area contributed by atoms with Crippen LogP contribution in [0.2, 0.25) is 0 Å². The van der Waals surface area contributed by atoms with Crippen LogP contribution in [0.25, 0.3) is 0 Å². The van der Waals surface area contributed by atoms with Gasteiger partial charge in [0.25, 0.3) is 0 Å². The number of hydrogen-bond acceptors (Lipinski definition) is 7. The second kappa shape index (κ2) is 13.0. The molecule has 1 aliphatic carbocycles. The number of rotatable bonds is 12. The van der Waals surface area contributed by atoms with Crippen LogP contribution in [0.4, 0.5) is 0 Å². The van der Waals surface area contributed by atoms with Crippen LogP contribution in [0.3, 0.4) is 0 Å². The van der Waals surface area contributed by atoms with Crippen molar-refractivity contribution in [2.75, 3.05) is 26.4 Å². The molecule has 1 aliphatic rings. The zero-order chi connectivity index (χ0) is 30.2. The van der Waals surface area contributed by atoms with Gasteiger partial charge in [-0.1, -0.05) is 86.0 Å². The third-order valence-corrected chi connectivity index (χ3v) is 7.25. The zero-order valence-electron chi connectivity index (χ0n) is 23.5. The fourth-order valence-electron chi connectivity index (χ4n) is 5.42. The molecule has 0 aliphatic heterocycles. The van der Waals surface area contributed by atoms with Crippen LogP contribution in [0.1, 0.15) is 38.2 Å². The smallest absolute Gasteiger partial charge is 0.330 e. The van der Waals surface area contributed by atoms with Gasteiger partial charge in [-0.25, -0.2) is 9.59 Å². The Morgan fingerprint density at radius 1 is 0.581 bits per heavy atom. The molecule has 7 heteroatoms. The van der Waals surface area contributed by atoms with Crippen molar-refractivity contribution in [3.05, 3.63) is 156 Å². The summed E-state index contributed by atoms with van der Waals surface area (Å²) in [7, 11) is 0. The van der Waals surface area contributed by atoms with Crippen LogP contribution >= 0.6 is 0 Å². The first-order chi connectivity index (χ1) is 21.0. The van der Waals surface area contributed by atoms with E-state index in [1.54, 1.807) is 0 Å². The topological polar surface area (TPSA) is 88.1 Å². The summed E-state index contributed by atoms with van der Waals surface area (Å²) in [4.78, 5) is 36.3. The van der Waals surface area contributed by atoms with Crippen molar-refractivity contribution in [1.29, 1.82) is 0 Å². The first-order valence-electron chi connectivity index (χ1n) is 13.8. The SMILES string of the molecule is C=CC(=O)OCCOc1ccc(C2(c3ccc(OCCOC(=O)C=C)cc3)c3ccccc3C(=O)c3ccccc32)cc1. The number of esters is 2. The molecule has 0 unspecified atom stereocenters. The van der Waals surface area contributed by atoms with Crippen molar-refractivity contribution in [1.82, 2.24) is 0 Å². The van der Waals surface area contributed by atoms with E-state index in [2.05, 4.69) is 13.2 Å². The van der Waals surface area contributed by atoms with E-state index in [0.29, 0.717) is 22.6 Å². The lowest BCUT2D eigenvalue weighted by atomic mass is 9.59. The Bertz CT molecular complexity index is 1530. The quantitative estimate of drug-likeness (QED) is 0.105. The molecular weight excluding hydrogens is 544 g/mol. The molecule has 7 nitrogen and oxygen atoms in total. The van der Waals surface area contributed by atoms with Crippen molar-refractivity contribution in [2.24, 2.45) is 0 Å². The Hall–Kier alpha value is -5.43. The Labute approximate surface area is 250 Å². The Kier molecular flexibility index (Phi) is 8.82. The fraction of sp³-hybridized carbons (Fsp3) is 0.139. The largest absolute Gasteiger partial charge is 0.490 e. The number of ketones is 1. The Morgan fingerprint density at radius 3 is 1.37 bits per heavy atom. The highest BCUT2D eigenvalue weighted by molar-refractivity contribution is 6.14. The molecule has 0 amide bonds. The predicted molar refractivity (Wildman–Crippen MR) is 161 cm³/mol. The Balaban J connectivity index is 1.54. The van der Waals surface area contributed by atoms with E-state index >= 15 is 0 Å². The molecular formula is C36H30O7. The molecule has 43 heavy (non-hydrogen) atoms. The molecule has 0 saturated carbocycles. The average molecular weight is 575 g/mol. The minimum Gasteiger partial charge on any atom is -0.490 e. The minimum atomic E-state index is -0.822. The number of ether oxygens (including phenoxy) is 4. The maximum Gasteiger partial charge on any atom is 0.330 e. The van der Waals surface area contributed by atoms with Gasteiger partial charge < -0.3 is 18.9 Å². The predicted octanol–water partition coefficient (Wildman–Crippen LogP) is 5.83. The lowest BCUT2D eigenvalue weighted by Crippen LogP contribution is -2.38. The molecule has 0 atom stereocenters. The number of hydrogen-bond donors (Lipinski definition) is 0. The molecule has 5 rings (SSSR count). The highest BCUT2D eigenvalue weighted by atomic mass is 16.6. The molecule has 0 radical (unpaired) electrons. The van der Waals surface area contributed by atoms with Gasteiger partial charge in [-0.15, -0.1) is 0 Å². The number of fused-ring (bicyclic) bond motifs is 2. The average Bonchev–Trinajstić information content (AvgIpc) is 3.06. The number of benzene rings is 4. The maximum absolute atomic E-state index is 13.7. The van der Waals surface area contributed by atoms with Gasteiger partial charge in [0, 0.05) is 23.3 Å². The lowest BCUT2D eigenvalue weighted by molar-refractivity contribution is -0.139. The summed E-state index contributed by atoms with van der Waals surface area (Å²) in [5.74, 6) is 0.200. The summed E-state index contributed by atoms with van der Waals surface area (Å²) in [6, 6.07) is 30.8. The molecule has 0 heterocycles. The molecule has 4 aromatic carbocycles. The van der Waals surface area contributed by atoms with Gasteiger partial charge in [0.1, 0.15) is 37.9 Å². The Morgan fingerprint density at radius 2 is 0.977 bits per heavy atom. The van der Waals surface area contributed by atoms with Gasteiger partial charge in [-0.3, -0.25) is 4.79 Å². The molecule has 0 aromatic heterocycles. The van der Waals surface area contributed by atoms with Crippen LogP contribution in [0.15, 0.2) is 122 Å². The highest BCUT2D eigenvalue weighted by Crippen LogP contribution is 2.51. The van der Waals surface area contributed by atoms with Crippen molar-refractivity contribution < 1.29 is 33.3 Å². The molecule has 4 aromatic rings. The van der Waals surface area contributed by atoms with E-state index in [1.807, 2.05) is 97.1 Å². The van der Waals surface area contributed by atoms with Gasteiger partial charge in [-0.2, -0.15) is 0 Å². The van der Waals surface area contributed by atoms with Crippen LogP contribution < -0.4 is 9.47 Å². The lowest BCUT2D eigenvalue weighted by Gasteiger charge is -2.41. The summed E-state index contributed by atoms with van der Waals surface area (Å²) in [6.45, 7) is 7.36.